The van der Waals surface area contributed by atoms with Crippen molar-refractivity contribution in [3.05, 3.63) is 118 Å². The molecule has 0 aliphatic carbocycles. The van der Waals surface area contributed by atoms with Crippen LogP contribution in [-0.2, 0) is 0 Å². The molecule has 0 aliphatic rings. The van der Waals surface area contributed by atoms with Gasteiger partial charge in [0.25, 0.3) is 5.69 Å². The van der Waals surface area contributed by atoms with Gasteiger partial charge in [-0.25, -0.2) is 0 Å². The number of aliphatic hydroxyl groups is 1. The van der Waals surface area contributed by atoms with Gasteiger partial charge in [0, 0.05) is 24.2 Å². The normalized spacial score (nSPS) is 13.0. The Morgan fingerprint density at radius 2 is 1.52 bits per heavy atom. The Morgan fingerprint density at radius 1 is 0.871 bits per heavy atom. The van der Waals surface area contributed by atoms with Crippen LogP contribution in [0.15, 0.2) is 91.0 Å². The zero-order chi connectivity index (χ0) is 21.8. The van der Waals surface area contributed by atoms with E-state index in [0.29, 0.717) is 6.42 Å². The molecule has 2 N–H and O–H groups in total. The van der Waals surface area contributed by atoms with E-state index in [1.54, 1.807) is 12.1 Å². The third-order valence-corrected chi connectivity index (χ3v) is 5.52. The number of nitro benzene ring substituents is 1. The summed E-state index contributed by atoms with van der Waals surface area (Å²) < 4.78 is 0. The molecular weight excluding hydrogens is 388 g/mol. The molecule has 0 amide bonds. The number of benzene rings is 4. The minimum Gasteiger partial charge on any atom is -0.388 e. The van der Waals surface area contributed by atoms with Gasteiger partial charge in [0.2, 0.25) is 0 Å². The number of anilines is 1. The molecule has 0 bridgehead atoms. The summed E-state index contributed by atoms with van der Waals surface area (Å²) >= 11 is 0. The van der Waals surface area contributed by atoms with Crippen LogP contribution in [0.4, 0.5) is 11.4 Å². The molecule has 0 saturated heterocycles. The average Bonchev–Trinajstić information content (AvgIpc) is 2.79. The number of rotatable bonds is 7. The zero-order valence-electron chi connectivity index (χ0n) is 17.2. The van der Waals surface area contributed by atoms with Crippen LogP contribution in [0.5, 0.6) is 0 Å². The molecule has 0 spiro atoms. The Kier molecular flexibility index (Phi) is 5.96. The molecule has 5 heteroatoms. The molecule has 0 aliphatic heterocycles. The van der Waals surface area contributed by atoms with Crippen LogP contribution < -0.4 is 5.32 Å². The van der Waals surface area contributed by atoms with E-state index in [2.05, 4.69) is 11.4 Å². The number of nitro groups is 1. The number of fused-ring (bicyclic) bond motifs is 1. The Hall–Kier alpha value is -3.70. The predicted octanol–water partition coefficient (Wildman–Crippen LogP) is 6.33. The topological polar surface area (TPSA) is 75.4 Å². The third-order valence-electron chi connectivity index (χ3n) is 5.52. The van der Waals surface area contributed by atoms with Crippen LogP contribution in [0, 0.1) is 17.0 Å². The van der Waals surface area contributed by atoms with E-state index < -0.39 is 11.0 Å². The number of nitrogens with zero attached hydrogens (tertiary/aromatic N) is 1. The lowest BCUT2D eigenvalue weighted by atomic mass is 9.94. The van der Waals surface area contributed by atoms with Crippen LogP contribution in [0.1, 0.15) is 35.3 Å². The second kappa shape index (κ2) is 8.98. The second-order valence-corrected chi connectivity index (χ2v) is 7.77. The smallest absolute Gasteiger partial charge is 0.269 e. The van der Waals surface area contributed by atoms with Gasteiger partial charge in [-0.05, 0) is 47.0 Å². The highest BCUT2D eigenvalue weighted by Gasteiger charge is 2.19. The van der Waals surface area contributed by atoms with E-state index in [1.807, 2.05) is 67.6 Å². The quantitative estimate of drug-likeness (QED) is 0.275. The fraction of sp³-hybridized carbons (Fsp3) is 0.154. The first kappa shape index (κ1) is 20.6. The van der Waals surface area contributed by atoms with Crippen LogP contribution in [-0.4, -0.2) is 10.0 Å². The summed E-state index contributed by atoms with van der Waals surface area (Å²) in [5.74, 6) is 0. The molecule has 0 heterocycles. The standard InChI is InChI=1S/C26H24N2O3/c1-18-6-8-20(9-7-18)25(27-23-12-14-24(15-13-23)28(30)31)17-26(29)22-11-10-19-4-2-3-5-21(19)16-22/h2-16,25-27,29H,17H2,1H3. The van der Waals surface area contributed by atoms with Crippen molar-refractivity contribution in [1.29, 1.82) is 0 Å². The maximum atomic E-state index is 11.0. The predicted molar refractivity (Wildman–Crippen MR) is 124 cm³/mol. The second-order valence-electron chi connectivity index (χ2n) is 7.77. The Balaban J connectivity index is 1.59. The molecule has 5 nitrogen and oxygen atoms in total. The SMILES string of the molecule is Cc1ccc(C(CC(O)c2ccc3ccccc3c2)Nc2ccc([N+](=O)[O-])cc2)cc1. The first-order valence-corrected chi connectivity index (χ1v) is 10.2. The van der Waals surface area contributed by atoms with Crippen molar-refractivity contribution in [1.82, 2.24) is 0 Å². The summed E-state index contributed by atoms with van der Waals surface area (Å²) in [7, 11) is 0. The maximum absolute atomic E-state index is 11.0. The lowest BCUT2D eigenvalue weighted by molar-refractivity contribution is -0.384. The minimum absolute atomic E-state index is 0.0497. The molecule has 156 valence electrons. The molecule has 2 unspecified atom stereocenters. The van der Waals surface area contributed by atoms with E-state index in [-0.39, 0.29) is 11.7 Å². The number of aliphatic hydroxyl groups excluding tert-OH is 1. The largest absolute Gasteiger partial charge is 0.388 e. The Labute approximate surface area is 181 Å². The first-order chi connectivity index (χ1) is 15.0. The lowest BCUT2D eigenvalue weighted by Gasteiger charge is -2.24. The van der Waals surface area contributed by atoms with Crippen LogP contribution >= 0.6 is 0 Å². The van der Waals surface area contributed by atoms with E-state index in [4.69, 9.17) is 0 Å². The van der Waals surface area contributed by atoms with Crippen molar-refractivity contribution in [2.24, 2.45) is 0 Å². The van der Waals surface area contributed by atoms with Gasteiger partial charge in [-0.3, -0.25) is 10.1 Å². The summed E-state index contributed by atoms with van der Waals surface area (Å²) in [6.45, 7) is 2.03. The highest BCUT2D eigenvalue weighted by atomic mass is 16.6. The third kappa shape index (κ3) is 4.90. The molecule has 0 radical (unpaired) electrons. The molecule has 0 saturated carbocycles. The molecule has 0 aromatic heterocycles. The maximum Gasteiger partial charge on any atom is 0.269 e. The molecule has 0 fully saturated rings. The monoisotopic (exact) mass is 412 g/mol. The van der Waals surface area contributed by atoms with Crippen LogP contribution in [0.3, 0.4) is 0 Å². The van der Waals surface area contributed by atoms with Gasteiger partial charge in [0.15, 0.2) is 0 Å². The number of nitrogens with one attached hydrogen (secondary N) is 1. The van der Waals surface area contributed by atoms with Gasteiger partial charge in [-0.15, -0.1) is 0 Å². The summed E-state index contributed by atoms with van der Waals surface area (Å²) in [5.41, 5.74) is 3.88. The van der Waals surface area contributed by atoms with Gasteiger partial charge in [-0.1, -0.05) is 66.2 Å². The summed E-state index contributed by atoms with van der Waals surface area (Å²) in [6.07, 6.45) is -0.209. The summed E-state index contributed by atoms with van der Waals surface area (Å²) in [6, 6.07) is 28.5. The Bertz CT molecular complexity index is 1190. The molecule has 4 rings (SSSR count). The summed E-state index contributed by atoms with van der Waals surface area (Å²) in [4.78, 5) is 10.5. The zero-order valence-corrected chi connectivity index (χ0v) is 17.2. The van der Waals surface area contributed by atoms with Crippen molar-refractivity contribution in [3.8, 4) is 0 Å². The molecule has 4 aromatic carbocycles. The molecule has 31 heavy (non-hydrogen) atoms. The number of hydrogen-bond donors (Lipinski definition) is 2. The average molecular weight is 412 g/mol. The lowest BCUT2D eigenvalue weighted by Crippen LogP contribution is -2.15. The van der Waals surface area contributed by atoms with Crippen molar-refractivity contribution < 1.29 is 10.0 Å². The van der Waals surface area contributed by atoms with E-state index >= 15 is 0 Å². The van der Waals surface area contributed by atoms with Gasteiger partial charge in [0.1, 0.15) is 0 Å². The van der Waals surface area contributed by atoms with Crippen molar-refractivity contribution in [2.45, 2.75) is 25.5 Å². The van der Waals surface area contributed by atoms with Crippen molar-refractivity contribution in [2.75, 3.05) is 5.32 Å². The van der Waals surface area contributed by atoms with Gasteiger partial charge < -0.3 is 10.4 Å². The van der Waals surface area contributed by atoms with E-state index in [9.17, 15) is 15.2 Å². The van der Waals surface area contributed by atoms with Gasteiger partial charge >= 0.3 is 0 Å². The van der Waals surface area contributed by atoms with Crippen LogP contribution in [0.2, 0.25) is 0 Å². The minimum atomic E-state index is -0.665. The summed E-state index contributed by atoms with van der Waals surface area (Å²) in [5, 5.41) is 27.6. The van der Waals surface area contributed by atoms with E-state index in [1.165, 1.54) is 12.1 Å². The number of hydrogen-bond acceptors (Lipinski definition) is 4. The van der Waals surface area contributed by atoms with Crippen LogP contribution in [0.25, 0.3) is 10.8 Å². The van der Waals surface area contributed by atoms with Gasteiger partial charge in [0.05, 0.1) is 17.1 Å². The molecule has 4 aromatic rings. The van der Waals surface area contributed by atoms with E-state index in [0.717, 1.165) is 33.2 Å². The van der Waals surface area contributed by atoms with Gasteiger partial charge in [-0.2, -0.15) is 0 Å². The number of non-ortho nitro benzene ring substituents is 1. The fourth-order valence-corrected chi connectivity index (χ4v) is 3.73. The fourth-order valence-electron chi connectivity index (χ4n) is 3.73. The first-order valence-electron chi connectivity index (χ1n) is 10.2. The highest BCUT2D eigenvalue weighted by Crippen LogP contribution is 2.31. The number of aryl methyl sites for hydroxylation is 1. The molecule has 2 atom stereocenters. The van der Waals surface area contributed by atoms with Crippen molar-refractivity contribution in [3.63, 3.8) is 0 Å². The highest BCUT2D eigenvalue weighted by molar-refractivity contribution is 5.83. The Morgan fingerprint density at radius 3 is 2.19 bits per heavy atom. The van der Waals surface area contributed by atoms with Crippen molar-refractivity contribution >= 4 is 22.1 Å². The molecular formula is C26H24N2O3.